The molecule has 4 N–H and O–H groups in total. The van der Waals surface area contributed by atoms with Crippen LogP contribution in [0.15, 0.2) is 103 Å². The van der Waals surface area contributed by atoms with Gasteiger partial charge in [0.1, 0.15) is 0 Å². The molecule has 0 saturated carbocycles. The Bertz CT molecular complexity index is 1740. The van der Waals surface area contributed by atoms with Gasteiger partial charge in [-0.3, -0.25) is 28.3 Å². The summed E-state index contributed by atoms with van der Waals surface area (Å²) in [4.78, 5) is 48.6. The van der Waals surface area contributed by atoms with Crippen molar-refractivity contribution in [1.82, 2.24) is 0 Å². The van der Waals surface area contributed by atoms with Crippen LogP contribution in [0.5, 0.6) is 0 Å². The number of nitrogens with one attached hydrogen (secondary N) is 2. The van der Waals surface area contributed by atoms with E-state index in [4.69, 9.17) is 9.11 Å². The Morgan fingerprint density at radius 3 is 1.25 bits per heavy atom. The molecule has 0 aliphatic rings. The van der Waals surface area contributed by atoms with E-state index in [-0.39, 0.29) is 22.7 Å². The molecule has 230 valence electrons. The van der Waals surface area contributed by atoms with Crippen LogP contribution >= 0.6 is 0 Å². The number of anilines is 2. The standard InChI is InChI=1S/C26H24N6O10S2/c1-15(33)23(31-29-19-5-3-7-21(13-19)43(37,38)39)25(35)27-17-9-11-18(12-10-17)28-26(36)24(16(2)34)32-30-20-6-4-8-22(14-20)44(40,41)42/h3-14,23-24H,1-2H3,(H,27,35)(H,28,36)(H,37,38,39)(H,40,41,42). The second-order valence-corrected chi connectivity index (χ2v) is 11.8. The first-order valence-corrected chi connectivity index (χ1v) is 15.1. The third-order valence-electron chi connectivity index (χ3n) is 5.50. The normalized spacial score (nSPS) is 13.4. The van der Waals surface area contributed by atoms with Crippen LogP contribution in [0, 0.1) is 0 Å². The number of nitrogens with zero attached hydrogens (tertiary/aromatic N) is 4. The molecule has 16 nitrogen and oxygen atoms in total. The van der Waals surface area contributed by atoms with Crippen LogP contribution in [0.4, 0.5) is 22.7 Å². The number of hydrogen-bond acceptors (Lipinski definition) is 12. The maximum absolute atomic E-state index is 12.7. The lowest BCUT2D eigenvalue weighted by Gasteiger charge is -2.12. The molecule has 0 bridgehead atoms. The minimum absolute atomic E-state index is 0.0331. The fourth-order valence-electron chi connectivity index (χ4n) is 3.36. The van der Waals surface area contributed by atoms with Crippen LogP contribution < -0.4 is 10.6 Å². The molecule has 2 amide bonds. The lowest BCUT2D eigenvalue weighted by atomic mass is 10.2. The van der Waals surface area contributed by atoms with Crippen molar-refractivity contribution in [3.63, 3.8) is 0 Å². The van der Waals surface area contributed by atoms with E-state index in [1.54, 1.807) is 0 Å². The third-order valence-corrected chi connectivity index (χ3v) is 7.19. The smallest absolute Gasteiger partial charge is 0.294 e. The van der Waals surface area contributed by atoms with E-state index in [0.29, 0.717) is 0 Å². The lowest BCUT2D eigenvalue weighted by molar-refractivity contribution is -0.127. The Morgan fingerprint density at radius 1 is 0.614 bits per heavy atom. The zero-order valence-corrected chi connectivity index (χ0v) is 24.5. The first-order valence-electron chi connectivity index (χ1n) is 12.2. The number of benzene rings is 3. The van der Waals surface area contributed by atoms with Gasteiger partial charge in [0.25, 0.3) is 32.1 Å². The van der Waals surface area contributed by atoms with Crippen molar-refractivity contribution < 1.29 is 45.1 Å². The monoisotopic (exact) mass is 644 g/mol. The number of carbonyl (C=O) groups is 4. The second-order valence-electron chi connectivity index (χ2n) is 8.96. The SMILES string of the molecule is CC(=O)C(N=Nc1cccc(S(=O)(=O)O)c1)C(=O)Nc1ccc(NC(=O)C(N=Nc2cccc(S(=O)(=O)O)c2)C(C)=O)cc1. The second kappa shape index (κ2) is 14.0. The highest BCUT2D eigenvalue weighted by Gasteiger charge is 2.25. The van der Waals surface area contributed by atoms with Gasteiger partial charge in [-0.05, 0) is 74.5 Å². The van der Waals surface area contributed by atoms with Gasteiger partial charge < -0.3 is 10.6 Å². The Morgan fingerprint density at radius 2 is 0.955 bits per heavy atom. The number of azo groups is 2. The first-order chi connectivity index (χ1) is 20.5. The molecule has 0 aromatic heterocycles. The minimum atomic E-state index is -4.50. The topological polar surface area (TPSA) is 251 Å². The summed E-state index contributed by atoms with van der Waals surface area (Å²) in [6, 6.07) is 11.8. The molecule has 3 rings (SSSR count). The van der Waals surface area contributed by atoms with Gasteiger partial charge in [-0.15, -0.1) is 0 Å². The molecular weight excluding hydrogens is 620 g/mol. The quantitative estimate of drug-likeness (QED) is 0.127. The largest absolute Gasteiger partial charge is 0.324 e. The van der Waals surface area contributed by atoms with E-state index < -0.39 is 65.5 Å². The molecule has 3 aromatic rings. The molecular formula is C26H24N6O10S2. The van der Waals surface area contributed by atoms with Crippen LogP contribution in [0.2, 0.25) is 0 Å². The van der Waals surface area contributed by atoms with Crippen molar-refractivity contribution in [2.24, 2.45) is 20.5 Å². The molecule has 0 saturated heterocycles. The summed E-state index contributed by atoms with van der Waals surface area (Å²) >= 11 is 0. The molecule has 0 aliphatic carbocycles. The third kappa shape index (κ3) is 9.49. The molecule has 18 heteroatoms. The van der Waals surface area contributed by atoms with Crippen LogP contribution in [0.3, 0.4) is 0 Å². The molecule has 44 heavy (non-hydrogen) atoms. The number of amides is 2. The van der Waals surface area contributed by atoms with Gasteiger partial charge in [-0.2, -0.15) is 37.3 Å². The zero-order valence-electron chi connectivity index (χ0n) is 22.8. The van der Waals surface area contributed by atoms with Crippen molar-refractivity contribution in [3.05, 3.63) is 72.8 Å². The summed E-state index contributed by atoms with van der Waals surface area (Å²) in [6.45, 7) is 2.20. The van der Waals surface area contributed by atoms with E-state index in [9.17, 15) is 36.0 Å². The summed E-state index contributed by atoms with van der Waals surface area (Å²) in [5, 5.41) is 19.8. The van der Waals surface area contributed by atoms with Gasteiger partial charge in [0.05, 0.1) is 21.2 Å². The van der Waals surface area contributed by atoms with Crippen molar-refractivity contribution in [1.29, 1.82) is 0 Å². The number of rotatable bonds is 12. The van der Waals surface area contributed by atoms with Gasteiger partial charge in [0.2, 0.25) is 12.1 Å². The summed E-state index contributed by atoms with van der Waals surface area (Å²) < 4.78 is 63.5. The zero-order chi connectivity index (χ0) is 32.7. The van der Waals surface area contributed by atoms with E-state index in [1.165, 1.54) is 48.5 Å². The predicted octanol–water partition coefficient (Wildman–Crippen LogP) is 3.54. The molecule has 0 aliphatic heterocycles. The number of carbonyl (C=O) groups excluding carboxylic acids is 4. The van der Waals surface area contributed by atoms with Gasteiger partial charge >= 0.3 is 0 Å². The fraction of sp³-hybridized carbons (Fsp3) is 0.154. The Hall–Kier alpha value is -5.04. The van der Waals surface area contributed by atoms with Crippen molar-refractivity contribution >= 4 is 66.4 Å². The Kier molecular flexibility index (Phi) is 10.6. The predicted molar refractivity (Wildman–Crippen MR) is 154 cm³/mol. The number of Topliss-reactive ketones (excluding diaryl/α,β-unsaturated/α-hetero) is 2. The van der Waals surface area contributed by atoms with Crippen LogP contribution in [0.25, 0.3) is 0 Å². The highest BCUT2D eigenvalue weighted by Crippen LogP contribution is 2.21. The maximum atomic E-state index is 12.7. The molecule has 2 atom stereocenters. The van der Waals surface area contributed by atoms with E-state index in [2.05, 4.69) is 31.1 Å². The van der Waals surface area contributed by atoms with Crippen molar-refractivity contribution in [2.75, 3.05) is 10.6 Å². The van der Waals surface area contributed by atoms with Crippen molar-refractivity contribution in [2.45, 2.75) is 35.7 Å². The van der Waals surface area contributed by atoms with Gasteiger partial charge in [0.15, 0.2) is 11.6 Å². The first kappa shape index (κ1) is 33.5. The molecule has 2 unspecified atom stereocenters. The van der Waals surface area contributed by atoms with Crippen LogP contribution in [-0.2, 0) is 39.4 Å². The number of hydrogen-bond donors (Lipinski definition) is 4. The Balaban J connectivity index is 1.68. The molecule has 0 heterocycles. The van der Waals surface area contributed by atoms with E-state index >= 15 is 0 Å². The molecule has 0 fully saturated rings. The van der Waals surface area contributed by atoms with Gasteiger partial charge in [-0.1, -0.05) is 12.1 Å². The number of ketones is 2. The van der Waals surface area contributed by atoms with Gasteiger partial charge in [-0.25, -0.2) is 0 Å². The molecule has 3 aromatic carbocycles. The molecule has 0 radical (unpaired) electrons. The Labute approximate surface area is 250 Å². The maximum Gasteiger partial charge on any atom is 0.294 e. The highest BCUT2D eigenvalue weighted by molar-refractivity contribution is 7.86. The summed E-state index contributed by atoms with van der Waals surface area (Å²) in [5.74, 6) is -3.07. The average molecular weight is 645 g/mol. The van der Waals surface area contributed by atoms with E-state index in [0.717, 1.165) is 38.1 Å². The van der Waals surface area contributed by atoms with Crippen LogP contribution in [-0.4, -0.2) is 61.4 Å². The van der Waals surface area contributed by atoms with Crippen molar-refractivity contribution in [3.8, 4) is 0 Å². The fourth-order valence-corrected chi connectivity index (χ4v) is 4.40. The van der Waals surface area contributed by atoms with Crippen LogP contribution in [0.1, 0.15) is 13.8 Å². The van der Waals surface area contributed by atoms with Gasteiger partial charge in [0, 0.05) is 11.4 Å². The highest BCUT2D eigenvalue weighted by atomic mass is 32.2. The summed E-state index contributed by atoms with van der Waals surface area (Å²) in [6.07, 6.45) is 0. The average Bonchev–Trinajstić information content (AvgIpc) is 2.93. The minimum Gasteiger partial charge on any atom is -0.324 e. The summed E-state index contributed by atoms with van der Waals surface area (Å²) in [7, 11) is -9.01. The van der Waals surface area contributed by atoms with E-state index in [1.807, 2.05) is 0 Å². The lowest BCUT2D eigenvalue weighted by Crippen LogP contribution is -2.32. The molecule has 0 spiro atoms. The summed E-state index contributed by atoms with van der Waals surface area (Å²) in [5.41, 5.74) is 0.331.